The first kappa shape index (κ1) is 20.3. The Balaban J connectivity index is 1.93. The van der Waals surface area contributed by atoms with Crippen LogP contribution in [0.25, 0.3) is 0 Å². The molecule has 2 rings (SSSR count). The van der Waals surface area contributed by atoms with Crippen LogP contribution < -0.4 is 15.6 Å². The number of esters is 1. The first-order valence-corrected chi connectivity index (χ1v) is 7.66. The predicted molar refractivity (Wildman–Crippen MR) is 91.9 cm³/mol. The number of hydrazine groups is 1. The Morgan fingerprint density at radius 3 is 2.46 bits per heavy atom. The van der Waals surface area contributed by atoms with Crippen LogP contribution in [0.15, 0.2) is 42.5 Å². The molecule has 0 heterocycles. The second kappa shape index (κ2) is 9.07. The van der Waals surface area contributed by atoms with Gasteiger partial charge in [0.15, 0.2) is 6.61 Å². The van der Waals surface area contributed by atoms with E-state index in [1.54, 1.807) is 0 Å². The van der Waals surface area contributed by atoms with Crippen molar-refractivity contribution in [2.45, 2.75) is 0 Å². The van der Waals surface area contributed by atoms with E-state index in [0.29, 0.717) is 0 Å². The molecule has 0 unspecified atom stereocenters. The van der Waals surface area contributed by atoms with E-state index in [-0.39, 0.29) is 22.6 Å². The number of halogens is 1. The van der Waals surface area contributed by atoms with Crippen LogP contribution >= 0.6 is 0 Å². The van der Waals surface area contributed by atoms with Crippen molar-refractivity contribution >= 4 is 23.5 Å². The first-order valence-electron chi connectivity index (χ1n) is 7.66. The number of amides is 2. The summed E-state index contributed by atoms with van der Waals surface area (Å²) in [6.45, 7) is -0.803. The van der Waals surface area contributed by atoms with E-state index < -0.39 is 35.1 Å². The van der Waals surface area contributed by atoms with Crippen LogP contribution in [-0.4, -0.2) is 36.4 Å². The summed E-state index contributed by atoms with van der Waals surface area (Å²) in [6.07, 6.45) is 0. The molecule has 0 spiro atoms. The predicted octanol–water partition coefficient (Wildman–Crippen LogP) is 1.36. The summed E-state index contributed by atoms with van der Waals surface area (Å²) >= 11 is 0. The van der Waals surface area contributed by atoms with Crippen LogP contribution in [0.1, 0.15) is 20.7 Å². The normalized spacial score (nSPS) is 9.93. The maximum atomic E-state index is 13.5. The third kappa shape index (κ3) is 5.00. The van der Waals surface area contributed by atoms with Gasteiger partial charge in [0.25, 0.3) is 17.5 Å². The van der Waals surface area contributed by atoms with E-state index in [4.69, 9.17) is 9.47 Å². The number of nitro groups is 1. The third-order valence-electron chi connectivity index (χ3n) is 3.38. The monoisotopic (exact) mass is 391 g/mol. The largest absolute Gasteiger partial charge is 0.496 e. The molecule has 146 valence electrons. The van der Waals surface area contributed by atoms with Gasteiger partial charge in [-0.15, -0.1) is 0 Å². The van der Waals surface area contributed by atoms with Crippen molar-refractivity contribution in [3.8, 4) is 5.75 Å². The Morgan fingerprint density at radius 2 is 1.82 bits per heavy atom. The van der Waals surface area contributed by atoms with Gasteiger partial charge in [-0.3, -0.25) is 30.6 Å². The Bertz CT molecular complexity index is 933. The summed E-state index contributed by atoms with van der Waals surface area (Å²) in [5.41, 5.74) is 3.01. The number of rotatable bonds is 6. The fourth-order valence-electron chi connectivity index (χ4n) is 2.05. The Morgan fingerprint density at radius 1 is 1.11 bits per heavy atom. The molecule has 11 heteroatoms. The van der Waals surface area contributed by atoms with Gasteiger partial charge in [0, 0.05) is 12.1 Å². The molecule has 2 amide bonds. The number of methoxy groups -OCH3 is 1. The lowest BCUT2D eigenvalue weighted by Crippen LogP contribution is -2.43. The number of nitro benzene ring substituents is 1. The molecule has 10 nitrogen and oxygen atoms in total. The molecule has 2 aromatic rings. The van der Waals surface area contributed by atoms with Gasteiger partial charge in [-0.25, -0.2) is 9.18 Å². The zero-order chi connectivity index (χ0) is 20.7. The highest BCUT2D eigenvalue weighted by Gasteiger charge is 2.20. The van der Waals surface area contributed by atoms with Crippen molar-refractivity contribution in [2.75, 3.05) is 13.7 Å². The molecule has 0 bridgehead atoms. The molecule has 28 heavy (non-hydrogen) atoms. The van der Waals surface area contributed by atoms with E-state index in [0.717, 1.165) is 18.2 Å². The van der Waals surface area contributed by atoms with E-state index >= 15 is 0 Å². The summed E-state index contributed by atoms with van der Waals surface area (Å²) in [5.74, 6) is -3.63. The Labute approximate surface area is 157 Å². The van der Waals surface area contributed by atoms with Crippen LogP contribution in [0, 0.1) is 15.9 Å². The lowest BCUT2D eigenvalue weighted by atomic mass is 10.2. The molecule has 0 radical (unpaired) electrons. The SMILES string of the molecule is COc1ccc([N+](=O)[O-])cc1C(=O)OCC(=O)NNC(=O)c1ccccc1F. The van der Waals surface area contributed by atoms with Crippen LogP contribution in [0.5, 0.6) is 5.75 Å². The minimum absolute atomic E-state index is 0.0175. The molecular formula is C17H14FN3O7. The third-order valence-corrected chi connectivity index (χ3v) is 3.38. The number of non-ortho nitro benzene ring substituents is 1. The maximum absolute atomic E-state index is 13.5. The number of benzene rings is 2. The molecule has 0 aliphatic carbocycles. The van der Waals surface area contributed by atoms with Crippen LogP contribution in [0.4, 0.5) is 10.1 Å². The average molecular weight is 391 g/mol. The Hall–Kier alpha value is -4.02. The minimum atomic E-state index is -1.05. The number of carbonyl (C=O) groups is 3. The number of carbonyl (C=O) groups excluding carboxylic acids is 3. The second-order valence-corrected chi connectivity index (χ2v) is 5.20. The fraction of sp³-hybridized carbons (Fsp3) is 0.118. The summed E-state index contributed by atoms with van der Waals surface area (Å²) in [5, 5.41) is 10.8. The minimum Gasteiger partial charge on any atom is -0.496 e. The van der Waals surface area contributed by atoms with Gasteiger partial charge in [0.05, 0.1) is 17.6 Å². The highest BCUT2D eigenvalue weighted by molar-refractivity contribution is 5.97. The fourth-order valence-corrected chi connectivity index (χ4v) is 2.05. The molecule has 0 aromatic heterocycles. The maximum Gasteiger partial charge on any atom is 0.342 e. The van der Waals surface area contributed by atoms with E-state index in [1.807, 2.05) is 10.9 Å². The van der Waals surface area contributed by atoms with Gasteiger partial charge in [-0.1, -0.05) is 12.1 Å². The quantitative estimate of drug-likeness (QED) is 0.431. The van der Waals surface area contributed by atoms with Crippen LogP contribution in [-0.2, 0) is 9.53 Å². The van der Waals surface area contributed by atoms with Crippen molar-refractivity contribution in [3.63, 3.8) is 0 Å². The number of hydrogen-bond acceptors (Lipinski definition) is 7. The standard InChI is InChI=1S/C17H14FN3O7/c1-27-14-7-6-10(21(25)26)8-12(14)17(24)28-9-15(22)19-20-16(23)11-4-2-3-5-13(11)18/h2-8H,9H2,1H3,(H,19,22)(H,20,23). The van der Waals surface area contributed by atoms with E-state index in [9.17, 15) is 28.9 Å². The first-order chi connectivity index (χ1) is 13.3. The number of nitrogens with zero attached hydrogens (tertiary/aromatic N) is 1. The van der Waals surface area contributed by atoms with Crippen molar-refractivity contribution in [3.05, 3.63) is 69.5 Å². The van der Waals surface area contributed by atoms with Crippen molar-refractivity contribution < 1.29 is 33.2 Å². The van der Waals surface area contributed by atoms with Crippen LogP contribution in [0.2, 0.25) is 0 Å². The summed E-state index contributed by atoms with van der Waals surface area (Å²) in [7, 11) is 1.25. The molecule has 0 fully saturated rings. The van der Waals surface area contributed by atoms with Crippen molar-refractivity contribution in [1.82, 2.24) is 10.9 Å². The highest BCUT2D eigenvalue weighted by atomic mass is 19.1. The number of ether oxygens (including phenoxy) is 2. The lowest BCUT2D eigenvalue weighted by Gasteiger charge is -2.10. The van der Waals surface area contributed by atoms with Gasteiger partial charge in [0.1, 0.15) is 17.1 Å². The molecule has 2 N–H and O–H groups in total. The topological polar surface area (TPSA) is 137 Å². The zero-order valence-electron chi connectivity index (χ0n) is 14.4. The van der Waals surface area contributed by atoms with Gasteiger partial charge >= 0.3 is 5.97 Å². The van der Waals surface area contributed by atoms with E-state index in [1.165, 1.54) is 31.4 Å². The number of hydrogen-bond donors (Lipinski definition) is 2. The van der Waals surface area contributed by atoms with Gasteiger partial charge in [-0.05, 0) is 18.2 Å². The van der Waals surface area contributed by atoms with Gasteiger partial charge in [0.2, 0.25) is 0 Å². The Kier molecular flexibility index (Phi) is 6.58. The van der Waals surface area contributed by atoms with Gasteiger partial charge < -0.3 is 9.47 Å². The molecule has 0 atom stereocenters. The zero-order valence-corrected chi connectivity index (χ0v) is 14.4. The van der Waals surface area contributed by atoms with Gasteiger partial charge in [-0.2, -0.15) is 0 Å². The van der Waals surface area contributed by atoms with Crippen LogP contribution in [0.3, 0.4) is 0 Å². The molecule has 2 aromatic carbocycles. The highest BCUT2D eigenvalue weighted by Crippen LogP contribution is 2.24. The second-order valence-electron chi connectivity index (χ2n) is 5.20. The summed E-state index contributed by atoms with van der Waals surface area (Å²) in [4.78, 5) is 45.6. The number of nitrogens with one attached hydrogen (secondary N) is 2. The smallest absolute Gasteiger partial charge is 0.342 e. The van der Waals surface area contributed by atoms with Crippen molar-refractivity contribution in [1.29, 1.82) is 0 Å². The lowest BCUT2D eigenvalue weighted by molar-refractivity contribution is -0.384. The van der Waals surface area contributed by atoms with Crippen molar-refractivity contribution in [2.24, 2.45) is 0 Å². The van der Waals surface area contributed by atoms with E-state index in [2.05, 4.69) is 0 Å². The molecule has 0 saturated heterocycles. The molecular weight excluding hydrogens is 377 g/mol. The molecule has 0 aliphatic heterocycles. The summed E-state index contributed by atoms with van der Waals surface area (Å²) < 4.78 is 23.1. The molecule has 0 saturated carbocycles. The molecule has 0 aliphatic rings. The average Bonchev–Trinajstić information content (AvgIpc) is 2.69. The summed E-state index contributed by atoms with van der Waals surface area (Å²) in [6, 6.07) is 8.42.